The van der Waals surface area contributed by atoms with E-state index in [-0.39, 0.29) is 0 Å². The summed E-state index contributed by atoms with van der Waals surface area (Å²) >= 11 is 0. The van der Waals surface area contributed by atoms with Crippen LogP contribution in [0.5, 0.6) is 0 Å². The van der Waals surface area contributed by atoms with Crippen LogP contribution in [-0.4, -0.2) is 11.5 Å². The summed E-state index contributed by atoms with van der Waals surface area (Å²) in [5, 5.41) is 3.79. The maximum atomic E-state index is 4.63. The van der Waals surface area contributed by atoms with E-state index in [1.165, 1.54) is 49.0 Å². The SMILES string of the molecule is Cc1cc(C)c(C(C)NCC2CC3CCC2C3)c(C)n1. The fourth-order valence-corrected chi connectivity index (χ4v) is 4.74. The average molecular weight is 272 g/mol. The largest absolute Gasteiger partial charge is 0.310 e. The first kappa shape index (κ1) is 14.1. The molecule has 2 fully saturated rings. The van der Waals surface area contributed by atoms with Gasteiger partial charge in [0, 0.05) is 17.4 Å². The Bertz CT molecular complexity index is 471. The summed E-state index contributed by atoms with van der Waals surface area (Å²) in [6.45, 7) is 9.92. The molecule has 0 radical (unpaired) electrons. The second-order valence-corrected chi connectivity index (χ2v) is 7.14. The molecule has 2 bridgehead atoms. The number of pyridine rings is 1. The van der Waals surface area contributed by atoms with Gasteiger partial charge in [-0.1, -0.05) is 6.42 Å². The minimum Gasteiger partial charge on any atom is -0.310 e. The van der Waals surface area contributed by atoms with Gasteiger partial charge in [-0.25, -0.2) is 0 Å². The van der Waals surface area contributed by atoms with Crippen molar-refractivity contribution in [2.75, 3.05) is 6.54 Å². The summed E-state index contributed by atoms with van der Waals surface area (Å²) in [6, 6.07) is 2.63. The van der Waals surface area contributed by atoms with Crippen LogP contribution in [0.1, 0.15) is 61.2 Å². The molecule has 1 aromatic rings. The lowest BCUT2D eigenvalue weighted by Crippen LogP contribution is -2.29. The van der Waals surface area contributed by atoms with Crippen molar-refractivity contribution in [2.24, 2.45) is 17.8 Å². The van der Waals surface area contributed by atoms with Gasteiger partial charge < -0.3 is 5.32 Å². The number of nitrogens with one attached hydrogen (secondary N) is 1. The predicted molar refractivity (Wildman–Crippen MR) is 83.8 cm³/mol. The smallest absolute Gasteiger partial charge is 0.0426 e. The van der Waals surface area contributed by atoms with Crippen molar-refractivity contribution < 1.29 is 0 Å². The minimum atomic E-state index is 0.419. The van der Waals surface area contributed by atoms with Crippen molar-refractivity contribution in [3.05, 3.63) is 28.6 Å². The molecule has 3 rings (SSSR count). The molecule has 0 saturated heterocycles. The van der Waals surface area contributed by atoms with Gasteiger partial charge in [0.1, 0.15) is 0 Å². The third-order valence-corrected chi connectivity index (χ3v) is 5.59. The molecule has 0 amide bonds. The third-order valence-electron chi connectivity index (χ3n) is 5.59. The Labute approximate surface area is 123 Å². The van der Waals surface area contributed by atoms with E-state index in [4.69, 9.17) is 0 Å². The predicted octanol–water partition coefficient (Wildman–Crippen LogP) is 4.09. The molecule has 4 unspecified atom stereocenters. The van der Waals surface area contributed by atoms with Crippen molar-refractivity contribution in [3.8, 4) is 0 Å². The van der Waals surface area contributed by atoms with Gasteiger partial charge in [-0.3, -0.25) is 4.98 Å². The van der Waals surface area contributed by atoms with Crippen molar-refractivity contribution in [1.29, 1.82) is 0 Å². The van der Waals surface area contributed by atoms with Gasteiger partial charge in [0.05, 0.1) is 0 Å². The second-order valence-electron chi connectivity index (χ2n) is 7.14. The lowest BCUT2D eigenvalue weighted by atomic mass is 9.88. The van der Waals surface area contributed by atoms with Gasteiger partial charge in [-0.05, 0) is 88.4 Å². The fourth-order valence-electron chi connectivity index (χ4n) is 4.74. The van der Waals surface area contributed by atoms with Crippen molar-refractivity contribution in [1.82, 2.24) is 10.3 Å². The molecule has 0 aromatic carbocycles. The zero-order valence-corrected chi connectivity index (χ0v) is 13.4. The summed E-state index contributed by atoms with van der Waals surface area (Å²) < 4.78 is 0. The molecule has 1 N–H and O–H groups in total. The molecule has 1 heterocycles. The zero-order chi connectivity index (χ0) is 14.3. The van der Waals surface area contributed by atoms with Crippen LogP contribution in [0.3, 0.4) is 0 Å². The van der Waals surface area contributed by atoms with Gasteiger partial charge in [0.25, 0.3) is 0 Å². The topological polar surface area (TPSA) is 24.9 Å². The highest BCUT2D eigenvalue weighted by Gasteiger charge is 2.39. The Hall–Kier alpha value is -0.890. The monoisotopic (exact) mass is 272 g/mol. The van der Waals surface area contributed by atoms with Gasteiger partial charge in [0.2, 0.25) is 0 Å². The van der Waals surface area contributed by atoms with Gasteiger partial charge in [-0.15, -0.1) is 0 Å². The molecular weight excluding hydrogens is 244 g/mol. The quantitative estimate of drug-likeness (QED) is 0.893. The van der Waals surface area contributed by atoms with Gasteiger partial charge in [-0.2, -0.15) is 0 Å². The number of aryl methyl sites for hydroxylation is 3. The maximum Gasteiger partial charge on any atom is 0.0426 e. The minimum absolute atomic E-state index is 0.419. The number of aromatic nitrogens is 1. The van der Waals surface area contributed by atoms with Crippen LogP contribution < -0.4 is 5.32 Å². The van der Waals surface area contributed by atoms with Crippen molar-refractivity contribution in [3.63, 3.8) is 0 Å². The summed E-state index contributed by atoms with van der Waals surface area (Å²) in [6.07, 6.45) is 5.95. The van der Waals surface area contributed by atoms with E-state index < -0.39 is 0 Å². The van der Waals surface area contributed by atoms with Gasteiger partial charge in [0.15, 0.2) is 0 Å². The molecule has 2 heteroatoms. The van der Waals surface area contributed by atoms with E-state index >= 15 is 0 Å². The van der Waals surface area contributed by atoms with E-state index in [0.29, 0.717) is 6.04 Å². The molecule has 2 aliphatic rings. The number of rotatable bonds is 4. The van der Waals surface area contributed by atoms with Gasteiger partial charge >= 0.3 is 0 Å². The lowest BCUT2D eigenvalue weighted by Gasteiger charge is -2.25. The van der Waals surface area contributed by atoms with E-state index in [9.17, 15) is 0 Å². The molecule has 1 aromatic heterocycles. The molecule has 2 aliphatic carbocycles. The number of nitrogens with zero attached hydrogens (tertiary/aromatic N) is 1. The second kappa shape index (κ2) is 5.48. The first-order valence-electron chi connectivity index (χ1n) is 8.22. The Kier molecular flexibility index (Phi) is 3.85. The number of hydrogen-bond donors (Lipinski definition) is 1. The van der Waals surface area contributed by atoms with Crippen molar-refractivity contribution in [2.45, 2.75) is 59.4 Å². The molecule has 110 valence electrons. The molecule has 2 saturated carbocycles. The average Bonchev–Trinajstić information content (AvgIpc) is 2.97. The third kappa shape index (κ3) is 2.63. The number of fused-ring (bicyclic) bond motifs is 2. The normalized spacial score (nSPS) is 29.9. The van der Waals surface area contributed by atoms with Crippen LogP contribution in [0.15, 0.2) is 6.07 Å². The van der Waals surface area contributed by atoms with E-state index in [0.717, 1.165) is 23.4 Å². The van der Waals surface area contributed by atoms with Crippen LogP contribution >= 0.6 is 0 Å². The Morgan fingerprint density at radius 2 is 2.05 bits per heavy atom. The summed E-state index contributed by atoms with van der Waals surface area (Å²) in [5.74, 6) is 2.99. The van der Waals surface area contributed by atoms with E-state index in [1.807, 2.05) is 0 Å². The highest BCUT2D eigenvalue weighted by molar-refractivity contribution is 5.33. The molecule has 0 aliphatic heterocycles. The highest BCUT2D eigenvalue weighted by Crippen LogP contribution is 2.48. The molecule has 2 nitrogen and oxygen atoms in total. The first-order chi connectivity index (χ1) is 9.54. The summed E-state index contributed by atoms with van der Waals surface area (Å²) in [5.41, 5.74) is 5.10. The summed E-state index contributed by atoms with van der Waals surface area (Å²) in [4.78, 5) is 4.63. The lowest BCUT2D eigenvalue weighted by molar-refractivity contribution is 0.309. The Balaban J connectivity index is 1.63. The van der Waals surface area contributed by atoms with Crippen molar-refractivity contribution >= 4 is 0 Å². The van der Waals surface area contributed by atoms with Crippen LogP contribution in [0.25, 0.3) is 0 Å². The van der Waals surface area contributed by atoms with Crippen LogP contribution in [0.2, 0.25) is 0 Å². The molecule has 0 spiro atoms. The summed E-state index contributed by atoms with van der Waals surface area (Å²) in [7, 11) is 0. The Morgan fingerprint density at radius 3 is 2.65 bits per heavy atom. The molecular formula is C18H28N2. The standard InChI is InChI=1S/C18H28N2/c1-11-7-12(2)20-14(4)18(11)13(3)19-10-17-9-15-5-6-16(17)8-15/h7,13,15-17,19H,5-6,8-10H2,1-4H3. The molecule has 20 heavy (non-hydrogen) atoms. The zero-order valence-electron chi connectivity index (χ0n) is 13.4. The van der Waals surface area contributed by atoms with E-state index in [1.54, 1.807) is 0 Å². The fraction of sp³-hybridized carbons (Fsp3) is 0.722. The number of hydrogen-bond acceptors (Lipinski definition) is 2. The van der Waals surface area contributed by atoms with Crippen LogP contribution in [0.4, 0.5) is 0 Å². The first-order valence-corrected chi connectivity index (χ1v) is 8.22. The van der Waals surface area contributed by atoms with Crippen LogP contribution in [0, 0.1) is 38.5 Å². The maximum absolute atomic E-state index is 4.63. The molecule has 4 atom stereocenters. The highest BCUT2D eigenvalue weighted by atomic mass is 14.9. The van der Waals surface area contributed by atoms with E-state index in [2.05, 4.69) is 44.1 Å². The Morgan fingerprint density at radius 1 is 1.25 bits per heavy atom. The van der Waals surface area contributed by atoms with Crippen LogP contribution in [-0.2, 0) is 0 Å².